The van der Waals surface area contributed by atoms with Gasteiger partial charge in [-0.3, -0.25) is 0 Å². The maximum absolute atomic E-state index is 13.2. The Hall–Kier alpha value is -0.670. The molecule has 3 heteroatoms. The zero-order chi connectivity index (χ0) is 7.61. The first-order valence-corrected chi connectivity index (χ1v) is 3.05. The summed E-state index contributed by atoms with van der Waals surface area (Å²) in [6, 6.07) is -0.692. The Labute approximate surface area is 59.2 Å². The SMILES string of the molecule is COC1(F)C=CC=CC1N. The summed E-state index contributed by atoms with van der Waals surface area (Å²) in [5.41, 5.74) is 5.39. The Bertz CT molecular complexity index is 178. The summed E-state index contributed by atoms with van der Waals surface area (Å²) in [4.78, 5) is 0. The number of methoxy groups -OCH3 is 1. The average Bonchev–Trinajstić information content (AvgIpc) is 1.96. The second-order valence-electron chi connectivity index (χ2n) is 2.17. The molecule has 0 aromatic carbocycles. The molecule has 1 aliphatic carbocycles. The minimum Gasteiger partial charge on any atom is -0.345 e. The van der Waals surface area contributed by atoms with Crippen molar-refractivity contribution in [2.75, 3.05) is 7.11 Å². The van der Waals surface area contributed by atoms with Crippen LogP contribution in [0.4, 0.5) is 4.39 Å². The van der Waals surface area contributed by atoms with Gasteiger partial charge >= 0.3 is 0 Å². The fourth-order valence-electron chi connectivity index (χ4n) is 0.817. The van der Waals surface area contributed by atoms with Crippen LogP contribution in [-0.2, 0) is 4.74 Å². The van der Waals surface area contributed by atoms with E-state index >= 15 is 0 Å². The van der Waals surface area contributed by atoms with Crippen molar-refractivity contribution >= 4 is 0 Å². The van der Waals surface area contributed by atoms with Gasteiger partial charge in [-0.15, -0.1) is 0 Å². The van der Waals surface area contributed by atoms with E-state index in [4.69, 9.17) is 5.73 Å². The van der Waals surface area contributed by atoms with Gasteiger partial charge in [0.1, 0.15) is 0 Å². The van der Waals surface area contributed by atoms with Gasteiger partial charge in [-0.05, 0) is 6.08 Å². The van der Waals surface area contributed by atoms with Gasteiger partial charge in [0.15, 0.2) is 0 Å². The molecule has 0 radical (unpaired) electrons. The maximum atomic E-state index is 13.2. The van der Waals surface area contributed by atoms with Gasteiger partial charge in [0, 0.05) is 7.11 Å². The Morgan fingerprint density at radius 1 is 1.60 bits per heavy atom. The number of nitrogens with two attached hydrogens (primary N) is 1. The van der Waals surface area contributed by atoms with Crippen LogP contribution in [0.5, 0.6) is 0 Å². The van der Waals surface area contributed by atoms with Crippen molar-refractivity contribution in [3.8, 4) is 0 Å². The van der Waals surface area contributed by atoms with Crippen molar-refractivity contribution in [3.05, 3.63) is 24.3 Å². The van der Waals surface area contributed by atoms with Crippen LogP contribution in [0, 0.1) is 0 Å². The van der Waals surface area contributed by atoms with Gasteiger partial charge in [-0.2, -0.15) is 0 Å². The number of alkyl halides is 1. The lowest BCUT2D eigenvalue weighted by molar-refractivity contribution is -0.0878. The molecule has 2 unspecified atom stereocenters. The highest BCUT2D eigenvalue weighted by atomic mass is 19.2. The van der Waals surface area contributed by atoms with Crippen LogP contribution in [0.2, 0.25) is 0 Å². The predicted molar refractivity (Wildman–Crippen MR) is 37.1 cm³/mol. The quantitative estimate of drug-likeness (QED) is 0.588. The molecular formula is C7H10FNO. The molecule has 0 saturated carbocycles. The minimum absolute atomic E-state index is 0.692. The fourth-order valence-corrected chi connectivity index (χ4v) is 0.817. The average molecular weight is 143 g/mol. The topological polar surface area (TPSA) is 35.2 Å². The summed E-state index contributed by atoms with van der Waals surface area (Å²) >= 11 is 0. The van der Waals surface area contributed by atoms with E-state index in [1.807, 2.05) is 0 Å². The van der Waals surface area contributed by atoms with E-state index in [2.05, 4.69) is 4.74 Å². The Kier molecular flexibility index (Phi) is 1.87. The highest BCUT2D eigenvalue weighted by Crippen LogP contribution is 2.21. The van der Waals surface area contributed by atoms with Crippen LogP contribution in [0.1, 0.15) is 0 Å². The van der Waals surface area contributed by atoms with Crippen LogP contribution >= 0.6 is 0 Å². The molecule has 2 nitrogen and oxygen atoms in total. The molecular weight excluding hydrogens is 133 g/mol. The highest BCUT2D eigenvalue weighted by Gasteiger charge is 2.33. The molecule has 0 bridgehead atoms. The second kappa shape index (κ2) is 2.52. The van der Waals surface area contributed by atoms with Gasteiger partial charge in [0.25, 0.3) is 0 Å². The van der Waals surface area contributed by atoms with E-state index in [1.165, 1.54) is 13.2 Å². The zero-order valence-electron chi connectivity index (χ0n) is 5.75. The lowest BCUT2D eigenvalue weighted by Crippen LogP contribution is -2.43. The third kappa shape index (κ3) is 1.10. The van der Waals surface area contributed by atoms with Crippen molar-refractivity contribution in [1.82, 2.24) is 0 Å². The molecule has 0 aromatic rings. The molecule has 56 valence electrons. The molecule has 0 heterocycles. The van der Waals surface area contributed by atoms with E-state index in [0.717, 1.165) is 0 Å². The summed E-state index contributed by atoms with van der Waals surface area (Å²) in [5, 5.41) is 0. The Balaban J connectivity index is 2.77. The molecule has 2 N–H and O–H groups in total. The fraction of sp³-hybridized carbons (Fsp3) is 0.429. The van der Waals surface area contributed by atoms with Crippen LogP contribution in [-0.4, -0.2) is 19.0 Å². The molecule has 2 atom stereocenters. The molecule has 0 fully saturated rings. The first kappa shape index (κ1) is 7.44. The summed E-state index contributed by atoms with van der Waals surface area (Å²) in [6.07, 6.45) is 6.13. The summed E-state index contributed by atoms with van der Waals surface area (Å²) in [6.45, 7) is 0. The molecule has 0 spiro atoms. The summed E-state index contributed by atoms with van der Waals surface area (Å²) < 4.78 is 17.8. The number of allylic oxidation sites excluding steroid dienone is 2. The first-order valence-electron chi connectivity index (χ1n) is 3.05. The summed E-state index contributed by atoms with van der Waals surface area (Å²) in [7, 11) is 1.30. The molecule has 0 aromatic heterocycles. The molecule has 0 amide bonds. The van der Waals surface area contributed by atoms with Crippen molar-refractivity contribution < 1.29 is 9.13 Å². The van der Waals surface area contributed by atoms with Gasteiger partial charge < -0.3 is 10.5 Å². The van der Waals surface area contributed by atoms with Crippen LogP contribution in [0.3, 0.4) is 0 Å². The van der Waals surface area contributed by atoms with Crippen LogP contribution in [0.15, 0.2) is 24.3 Å². The maximum Gasteiger partial charge on any atom is 0.247 e. The molecule has 0 saturated heterocycles. The third-order valence-corrected chi connectivity index (χ3v) is 1.52. The van der Waals surface area contributed by atoms with Gasteiger partial charge in [0.05, 0.1) is 6.04 Å². The number of hydrogen-bond acceptors (Lipinski definition) is 2. The Morgan fingerprint density at radius 2 is 2.30 bits per heavy atom. The third-order valence-electron chi connectivity index (χ3n) is 1.52. The minimum atomic E-state index is -1.81. The zero-order valence-corrected chi connectivity index (χ0v) is 5.75. The van der Waals surface area contributed by atoms with Gasteiger partial charge in [-0.1, -0.05) is 18.2 Å². The Morgan fingerprint density at radius 3 is 2.70 bits per heavy atom. The van der Waals surface area contributed by atoms with Crippen molar-refractivity contribution in [2.24, 2.45) is 5.73 Å². The standard InChI is InChI=1S/C7H10FNO/c1-10-7(8)5-3-2-4-6(7)9/h2-6H,9H2,1H3. The van der Waals surface area contributed by atoms with E-state index in [0.29, 0.717) is 0 Å². The van der Waals surface area contributed by atoms with E-state index in [9.17, 15) is 4.39 Å². The largest absolute Gasteiger partial charge is 0.345 e. The van der Waals surface area contributed by atoms with Crippen molar-refractivity contribution in [2.45, 2.75) is 11.9 Å². The summed E-state index contributed by atoms with van der Waals surface area (Å²) in [5.74, 6) is -1.81. The molecule has 1 rings (SSSR count). The number of halogens is 1. The van der Waals surface area contributed by atoms with Crippen LogP contribution in [0.25, 0.3) is 0 Å². The molecule has 1 aliphatic rings. The van der Waals surface area contributed by atoms with Crippen molar-refractivity contribution in [1.29, 1.82) is 0 Å². The number of ether oxygens (including phenoxy) is 1. The lowest BCUT2D eigenvalue weighted by atomic mass is 10.0. The molecule has 10 heavy (non-hydrogen) atoms. The predicted octanol–water partition coefficient (Wildman–Crippen LogP) is 0.752. The van der Waals surface area contributed by atoms with E-state index in [-0.39, 0.29) is 0 Å². The lowest BCUT2D eigenvalue weighted by Gasteiger charge is -2.26. The first-order chi connectivity index (χ1) is 4.69. The monoisotopic (exact) mass is 143 g/mol. The molecule has 0 aliphatic heterocycles. The number of rotatable bonds is 1. The van der Waals surface area contributed by atoms with Crippen LogP contribution < -0.4 is 5.73 Å². The normalized spacial score (nSPS) is 38.5. The smallest absolute Gasteiger partial charge is 0.247 e. The second-order valence-corrected chi connectivity index (χ2v) is 2.17. The highest BCUT2D eigenvalue weighted by molar-refractivity contribution is 5.21. The van der Waals surface area contributed by atoms with Crippen molar-refractivity contribution in [3.63, 3.8) is 0 Å². The van der Waals surface area contributed by atoms with E-state index in [1.54, 1.807) is 18.2 Å². The van der Waals surface area contributed by atoms with E-state index < -0.39 is 11.9 Å². The number of hydrogen-bond donors (Lipinski definition) is 1. The van der Waals surface area contributed by atoms with Gasteiger partial charge in [0.2, 0.25) is 5.85 Å². The van der Waals surface area contributed by atoms with Gasteiger partial charge in [-0.25, -0.2) is 4.39 Å².